The van der Waals surface area contributed by atoms with Gasteiger partial charge < -0.3 is 14.8 Å². The van der Waals surface area contributed by atoms with Gasteiger partial charge in [0.15, 0.2) is 11.5 Å². The van der Waals surface area contributed by atoms with Crippen molar-refractivity contribution < 1.29 is 19.1 Å². The van der Waals surface area contributed by atoms with Crippen LogP contribution in [0.5, 0.6) is 11.5 Å². The van der Waals surface area contributed by atoms with E-state index in [2.05, 4.69) is 5.32 Å². The zero-order valence-electron chi connectivity index (χ0n) is 19.4. The normalized spacial score (nSPS) is 15.9. The Kier molecular flexibility index (Phi) is 5.17. The van der Waals surface area contributed by atoms with Crippen LogP contribution in [0.1, 0.15) is 39.9 Å². The van der Waals surface area contributed by atoms with Gasteiger partial charge in [-0.1, -0.05) is 36.4 Å². The highest BCUT2D eigenvalue weighted by Gasteiger charge is 2.36. The van der Waals surface area contributed by atoms with Gasteiger partial charge in [-0.05, 0) is 59.9 Å². The SMILES string of the molecule is CN1C(=O)N(Cc2ccccc2)C(=C2CC2)c2cc(C(=O)NCc3ccc4c(c3)OCO4)ccc21. The Bertz CT molecular complexity index is 1360. The molecule has 3 aromatic carbocycles. The minimum absolute atomic E-state index is 0.0595. The van der Waals surface area contributed by atoms with E-state index in [1.165, 1.54) is 5.57 Å². The van der Waals surface area contributed by atoms with Gasteiger partial charge in [-0.15, -0.1) is 0 Å². The molecule has 0 spiro atoms. The summed E-state index contributed by atoms with van der Waals surface area (Å²) in [6.45, 7) is 1.08. The molecule has 0 aromatic heterocycles. The molecule has 7 heteroatoms. The average Bonchev–Trinajstić information content (AvgIpc) is 3.61. The van der Waals surface area contributed by atoms with Crippen LogP contribution in [0.15, 0.2) is 72.3 Å². The lowest BCUT2D eigenvalue weighted by atomic mass is 9.99. The highest BCUT2D eigenvalue weighted by Crippen LogP contribution is 2.45. The van der Waals surface area contributed by atoms with Gasteiger partial charge in [-0.3, -0.25) is 14.6 Å². The van der Waals surface area contributed by atoms with Crippen LogP contribution in [0, 0.1) is 0 Å². The van der Waals surface area contributed by atoms with Crippen LogP contribution in [0.4, 0.5) is 10.5 Å². The average molecular weight is 468 g/mol. The van der Waals surface area contributed by atoms with E-state index in [9.17, 15) is 9.59 Å². The van der Waals surface area contributed by atoms with Crippen molar-refractivity contribution in [3.8, 4) is 11.5 Å². The van der Waals surface area contributed by atoms with E-state index in [-0.39, 0.29) is 18.7 Å². The number of carbonyl (C=O) groups is 2. The highest BCUT2D eigenvalue weighted by atomic mass is 16.7. The number of hydrogen-bond donors (Lipinski definition) is 1. The van der Waals surface area contributed by atoms with E-state index < -0.39 is 0 Å². The smallest absolute Gasteiger partial charge is 0.329 e. The molecule has 0 saturated heterocycles. The molecule has 0 bridgehead atoms. The second-order valence-electron chi connectivity index (χ2n) is 8.97. The lowest BCUT2D eigenvalue weighted by molar-refractivity contribution is 0.0951. The molecule has 6 rings (SSSR count). The maximum Gasteiger partial charge on any atom is 0.329 e. The molecule has 0 atom stereocenters. The van der Waals surface area contributed by atoms with Crippen LogP contribution < -0.4 is 19.7 Å². The number of ether oxygens (including phenoxy) is 2. The Morgan fingerprint density at radius 2 is 1.74 bits per heavy atom. The molecule has 176 valence electrons. The summed E-state index contributed by atoms with van der Waals surface area (Å²) in [5.41, 5.74) is 6.49. The molecule has 1 saturated carbocycles. The number of benzene rings is 3. The van der Waals surface area contributed by atoms with E-state index in [0.717, 1.165) is 40.9 Å². The number of rotatable bonds is 5. The van der Waals surface area contributed by atoms with E-state index >= 15 is 0 Å². The lowest BCUT2D eigenvalue weighted by Crippen LogP contribution is -2.44. The molecule has 7 nitrogen and oxygen atoms in total. The number of urea groups is 1. The van der Waals surface area contributed by atoms with Crippen molar-refractivity contribution in [1.82, 2.24) is 10.2 Å². The van der Waals surface area contributed by atoms with Crippen molar-refractivity contribution in [1.29, 1.82) is 0 Å². The Morgan fingerprint density at radius 3 is 2.54 bits per heavy atom. The first-order valence-corrected chi connectivity index (χ1v) is 11.7. The molecule has 1 fully saturated rings. The number of fused-ring (bicyclic) bond motifs is 2. The minimum Gasteiger partial charge on any atom is -0.454 e. The van der Waals surface area contributed by atoms with E-state index in [1.54, 1.807) is 18.0 Å². The standard InChI is InChI=1S/C28H25N3O4/c1-30-23-11-10-21(27(32)29-15-19-7-12-24-25(13-19)35-17-34-24)14-22(23)26(20-8-9-20)31(28(30)33)16-18-5-3-2-4-6-18/h2-7,10-14H,8-9,15-17H2,1H3,(H,29,32). The predicted octanol–water partition coefficient (Wildman–Crippen LogP) is 4.92. The zero-order valence-corrected chi connectivity index (χ0v) is 19.4. The summed E-state index contributed by atoms with van der Waals surface area (Å²) < 4.78 is 10.8. The summed E-state index contributed by atoms with van der Waals surface area (Å²) in [7, 11) is 1.78. The van der Waals surface area contributed by atoms with Crippen LogP contribution in [0.25, 0.3) is 5.70 Å². The molecule has 3 aromatic rings. The maximum absolute atomic E-state index is 13.3. The number of anilines is 1. The number of nitrogens with one attached hydrogen (secondary N) is 1. The number of hydrogen-bond acceptors (Lipinski definition) is 4. The lowest BCUT2D eigenvalue weighted by Gasteiger charge is -2.37. The summed E-state index contributed by atoms with van der Waals surface area (Å²) in [6, 6.07) is 21.1. The van der Waals surface area contributed by atoms with E-state index in [4.69, 9.17) is 9.47 Å². The fraction of sp³-hybridized carbons (Fsp3) is 0.214. The molecule has 1 N–H and O–H groups in total. The summed E-state index contributed by atoms with van der Waals surface area (Å²) in [6.07, 6.45) is 1.94. The van der Waals surface area contributed by atoms with Crippen molar-refractivity contribution in [2.45, 2.75) is 25.9 Å². The highest BCUT2D eigenvalue weighted by molar-refractivity contribution is 6.06. The second-order valence-corrected chi connectivity index (χ2v) is 8.97. The third kappa shape index (κ3) is 3.99. The van der Waals surface area contributed by atoms with Crippen LogP contribution in [0.3, 0.4) is 0 Å². The van der Waals surface area contributed by atoms with Gasteiger partial charge in [0, 0.05) is 24.7 Å². The molecule has 0 unspecified atom stereocenters. The molecule has 0 radical (unpaired) electrons. The van der Waals surface area contributed by atoms with Gasteiger partial charge >= 0.3 is 6.03 Å². The fourth-order valence-electron chi connectivity index (χ4n) is 4.61. The number of nitrogens with zero attached hydrogens (tertiary/aromatic N) is 2. The van der Waals surface area contributed by atoms with E-state index in [0.29, 0.717) is 30.2 Å². The molecule has 3 amide bonds. The number of carbonyl (C=O) groups excluding carboxylic acids is 2. The van der Waals surface area contributed by atoms with Gasteiger partial charge in [-0.2, -0.15) is 0 Å². The minimum atomic E-state index is -0.167. The van der Waals surface area contributed by atoms with Crippen molar-refractivity contribution in [3.63, 3.8) is 0 Å². The largest absolute Gasteiger partial charge is 0.454 e. The Labute approximate surface area is 203 Å². The van der Waals surface area contributed by atoms with Gasteiger partial charge in [-0.25, -0.2) is 4.79 Å². The summed E-state index contributed by atoms with van der Waals surface area (Å²) >= 11 is 0. The van der Waals surface area contributed by atoms with Crippen molar-refractivity contribution >= 4 is 23.3 Å². The third-order valence-corrected chi connectivity index (χ3v) is 6.57. The van der Waals surface area contributed by atoms with Crippen LogP contribution in [-0.4, -0.2) is 30.7 Å². The number of amides is 3. The molecule has 35 heavy (non-hydrogen) atoms. The predicted molar refractivity (Wildman–Crippen MR) is 132 cm³/mol. The molecule has 2 aliphatic heterocycles. The van der Waals surface area contributed by atoms with Crippen LogP contribution in [-0.2, 0) is 13.1 Å². The van der Waals surface area contributed by atoms with Crippen LogP contribution in [0.2, 0.25) is 0 Å². The summed E-state index contributed by atoms with van der Waals surface area (Å²) in [5.74, 6) is 1.24. The summed E-state index contributed by atoms with van der Waals surface area (Å²) in [4.78, 5) is 29.9. The molecular formula is C28H25N3O4. The topological polar surface area (TPSA) is 71.1 Å². The van der Waals surface area contributed by atoms with Gasteiger partial charge in [0.1, 0.15) is 0 Å². The van der Waals surface area contributed by atoms with Crippen molar-refractivity contribution in [2.24, 2.45) is 0 Å². The molecule has 1 aliphatic carbocycles. The first-order chi connectivity index (χ1) is 17.1. The first kappa shape index (κ1) is 21.3. The Morgan fingerprint density at radius 1 is 0.943 bits per heavy atom. The first-order valence-electron chi connectivity index (χ1n) is 11.7. The third-order valence-electron chi connectivity index (χ3n) is 6.57. The number of allylic oxidation sites excluding steroid dienone is 1. The molecular weight excluding hydrogens is 442 g/mol. The van der Waals surface area contributed by atoms with Gasteiger partial charge in [0.2, 0.25) is 6.79 Å². The van der Waals surface area contributed by atoms with Crippen LogP contribution >= 0.6 is 0 Å². The Balaban J connectivity index is 1.27. The Hall–Kier alpha value is -4.26. The fourth-order valence-corrected chi connectivity index (χ4v) is 4.61. The zero-order chi connectivity index (χ0) is 23.9. The van der Waals surface area contributed by atoms with Gasteiger partial charge in [0.05, 0.1) is 17.9 Å². The van der Waals surface area contributed by atoms with Crippen molar-refractivity contribution in [2.75, 3.05) is 18.7 Å². The van der Waals surface area contributed by atoms with Gasteiger partial charge in [0.25, 0.3) is 5.91 Å². The van der Waals surface area contributed by atoms with Crippen molar-refractivity contribution in [3.05, 3.63) is 94.6 Å². The van der Waals surface area contributed by atoms with E-state index in [1.807, 2.05) is 65.6 Å². The quantitative estimate of drug-likeness (QED) is 0.578. The molecule has 3 aliphatic rings. The molecule has 2 heterocycles. The second kappa shape index (κ2) is 8.51. The summed E-state index contributed by atoms with van der Waals surface area (Å²) in [5, 5.41) is 3.00. The monoisotopic (exact) mass is 467 g/mol. The maximum atomic E-state index is 13.3.